The smallest absolute Gasteiger partial charge is 0.315 e. The highest BCUT2D eigenvalue weighted by atomic mass is 28.4. The van der Waals surface area contributed by atoms with Crippen molar-refractivity contribution in [2.24, 2.45) is 0 Å². The second-order valence-corrected chi connectivity index (χ2v) is 18.3. The molecule has 0 spiro atoms. The Morgan fingerprint density at radius 3 is 2.29 bits per heavy atom. The summed E-state index contributed by atoms with van der Waals surface area (Å²) < 4.78 is 13.4. The summed E-state index contributed by atoms with van der Waals surface area (Å²) in [4.78, 5) is 24.5. The van der Waals surface area contributed by atoms with Crippen LogP contribution in [0.2, 0.25) is 39.3 Å². The molecular formula is C20H32N2O4Si2. The quantitative estimate of drug-likeness (QED) is 0.693. The first-order chi connectivity index (χ1) is 12.8. The van der Waals surface area contributed by atoms with Gasteiger partial charge in [0.1, 0.15) is 11.8 Å². The first-order valence-electron chi connectivity index (χ1n) is 9.50. The highest BCUT2D eigenvalue weighted by molar-refractivity contribution is 6.75. The standard InChI is InChI=1S/C20H32N2O4Si2/c1-14(23)21-18(20(24)26-28(6,7)8)11-15-13-22(27(3,4)5)19-10-9-16(25-2)12-17(15)19/h9-10,12-13,18H,11H2,1-8H3,(H,21,23). The largest absolute Gasteiger partial charge is 0.518 e. The van der Waals surface area contributed by atoms with Crippen molar-refractivity contribution in [2.75, 3.05) is 7.11 Å². The molecule has 0 radical (unpaired) electrons. The minimum Gasteiger partial charge on any atom is -0.518 e. The number of rotatable bonds is 7. The molecule has 0 aliphatic carbocycles. The summed E-state index contributed by atoms with van der Waals surface area (Å²) in [6.45, 7) is 14.1. The maximum Gasteiger partial charge on any atom is 0.315 e. The number of nitrogens with one attached hydrogen (secondary N) is 1. The number of carbonyl (C=O) groups excluding carboxylic acids is 2. The Morgan fingerprint density at radius 2 is 1.79 bits per heavy atom. The number of hydrogen-bond donors (Lipinski definition) is 1. The lowest BCUT2D eigenvalue weighted by Gasteiger charge is -2.23. The number of fused-ring (bicyclic) bond motifs is 1. The van der Waals surface area contributed by atoms with E-state index < -0.39 is 22.6 Å². The fraction of sp³-hybridized carbons (Fsp3) is 0.500. The van der Waals surface area contributed by atoms with Crippen LogP contribution in [0.25, 0.3) is 10.9 Å². The summed E-state index contributed by atoms with van der Waals surface area (Å²) >= 11 is 0. The summed E-state index contributed by atoms with van der Waals surface area (Å²) in [7, 11) is -2.10. The van der Waals surface area contributed by atoms with Gasteiger partial charge < -0.3 is 18.7 Å². The van der Waals surface area contributed by atoms with E-state index in [0.717, 1.165) is 22.2 Å². The van der Waals surface area contributed by atoms with Crippen molar-refractivity contribution in [1.82, 2.24) is 9.55 Å². The molecule has 0 bridgehead atoms. The van der Waals surface area contributed by atoms with Crippen LogP contribution in [-0.4, -0.2) is 45.8 Å². The maximum atomic E-state index is 12.7. The van der Waals surface area contributed by atoms with Crippen LogP contribution >= 0.6 is 0 Å². The molecule has 0 aliphatic rings. The molecule has 1 heterocycles. The molecular weight excluding hydrogens is 388 g/mol. The van der Waals surface area contributed by atoms with Gasteiger partial charge in [-0.2, -0.15) is 0 Å². The number of amides is 1. The second kappa shape index (κ2) is 8.12. The molecule has 28 heavy (non-hydrogen) atoms. The van der Waals surface area contributed by atoms with E-state index in [1.54, 1.807) is 7.11 Å². The summed E-state index contributed by atoms with van der Waals surface area (Å²) in [5.41, 5.74) is 2.12. The average Bonchev–Trinajstić information content (AvgIpc) is 2.90. The molecule has 154 valence electrons. The first-order valence-corrected chi connectivity index (χ1v) is 16.4. The third-order valence-electron chi connectivity index (χ3n) is 4.31. The number of ether oxygens (including phenoxy) is 1. The highest BCUT2D eigenvalue weighted by Crippen LogP contribution is 2.29. The molecule has 2 aromatic rings. The van der Waals surface area contributed by atoms with Gasteiger partial charge in [0, 0.05) is 24.2 Å². The van der Waals surface area contributed by atoms with Gasteiger partial charge in [0.05, 0.1) is 7.11 Å². The van der Waals surface area contributed by atoms with Crippen LogP contribution in [0.4, 0.5) is 0 Å². The zero-order valence-electron chi connectivity index (χ0n) is 18.2. The van der Waals surface area contributed by atoms with E-state index in [1.807, 2.05) is 31.8 Å². The second-order valence-electron chi connectivity index (χ2n) is 9.07. The average molecular weight is 421 g/mol. The van der Waals surface area contributed by atoms with Gasteiger partial charge in [-0.3, -0.25) is 9.59 Å². The molecule has 1 aromatic carbocycles. The van der Waals surface area contributed by atoms with Crippen LogP contribution in [0.5, 0.6) is 5.75 Å². The Morgan fingerprint density at radius 1 is 1.14 bits per heavy atom. The Labute approximate surface area is 169 Å². The van der Waals surface area contributed by atoms with Crippen LogP contribution in [0.15, 0.2) is 24.4 Å². The molecule has 1 unspecified atom stereocenters. The number of methoxy groups -OCH3 is 1. The van der Waals surface area contributed by atoms with E-state index in [0.29, 0.717) is 6.42 Å². The van der Waals surface area contributed by atoms with Crippen molar-refractivity contribution in [3.8, 4) is 5.75 Å². The predicted molar refractivity (Wildman–Crippen MR) is 118 cm³/mol. The monoisotopic (exact) mass is 420 g/mol. The molecule has 1 N–H and O–H groups in total. The Kier molecular flexibility index (Phi) is 6.45. The predicted octanol–water partition coefficient (Wildman–Crippen LogP) is 3.76. The van der Waals surface area contributed by atoms with E-state index in [4.69, 9.17) is 9.16 Å². The number of benzene rings is 1. The fourth-order valence-electron chi connectivity index (χ4n) is 3.15. The van der Waals surface area contributed by atoms with Crippen LogP contribution in [0, 0.1) is 0 Å². The van der Waals surface area contributed by atoms with E-state index in [-0.39, 0.29) is 11.9 Å². The number of carbonyl (C=O) groups is 2. The molecule has 1 amide bonds. The number of hydrogen-bond acceptors (Lipinski definition) is 4. The minimum absolute atomic E-state index is 0.246. The lowest BCUT2D eigenvalue weighted by atomic mass is 10.0. The van der Waals surface area contributed by atoms with Crippen molar-refractivity contribution in [2.45, 2.75) is 58.7 Å². The molecule has 0 aliphatic heterocycles. The molecule has 0 fully saturated rings. The summed E-state index contributed by atoms with van der Waals surface area (Å²) in [5.74, 6) is 0.151. The van der Waals surface area contributed by atoms with Crippen LogP contribution < -0.4 is 10.1 Å². The topological polar surface area (TPSA) is 69.6 Å². The van der Waals surface area contributed by atoms with Gasteiger partial charge in [-0.1, -0.05) is 19.6 Å². The van der Waals surface area contributed by atoms with E-state index in [1.165, 1.54) is 6.92 Å². The maximum absolute atomic E-state index is 12.7. The third-order valence-corrected chi connectivity index (χ3v) is 6.94. The van der Waals surface area contributed by atoms with Gasteiger partial charge in [-0.25, -0.2) is 0 Å². The van der Waals surface area contributed by atoms with Gasteiger partial charge in [-0.05, 0) is 49.6 Å². The third kappa shape index (κ3) is 5.48. The molecule has 1 atom stereocenters. The van der Waals surface area contributed by atoms with Crippen LogP contribution in [0.3, 0.4) is 0 Å². The van der Waals surface area contributed by atoms with Crippen molar-refractivity contribution in [1.29, 1.82) is 0 Å². The molecule has 8 heteroatoms. The Hall–Kier alpha value is -2.07. The van der Waals surface area contributed by atoms with E-state index >= 15 is 0 Å². The van der Waals surface area contributed by atoms with Crippen LogP contribution in [-0.2, 0) is 20.4 Å². The van der Waals surface area contributed by atoms with Crippen molar-refractivity contribution >= 4 is 39.3 Å². The highest BCUT2D eigenvalue weighted by Gasteiger charge is 2.29. The number of aromatic nitrogens is 1. The van der Waals surface area contributed by atoms with E-state index in [9.17, 15) is 9.59 Å². The normalized spacial score (nSPS) is 13.3. The van der Waals surface area contributed by atoms with Gasteiger partial charge in [0.15, 0.2) is 8.24 Å². The van der Waals surface area contributed by atoms with Gasteiger partial charge in [0.2, 0.25) is 14.2 Å². The van der Waals surface area contributed by atoms with Crippen molar-refractivity contribution in [3.63, 3.8) is 0 Å². The summed E-state index contributed by atoms with van der Waals surface area (Å²) in [6, 6.07) is 5.30. The lowest BCUT2D eigenvalue weighted by Crippen LogP contribution is -2.45. The zero-order chi connectivity index (χ0) is 21.3. The Balaban J connectivity index is 2.51. The van der Waals surface area contributed by atoms with Gasteiger partial charge >= 0.3 is 5.97 Å². The summed E-state index contributed by atoms with van der Waals surface area (Å²) in [5, 5.41) is 3.81. The van der Waals surface area contributed by atoms with Gasteiger partial charge in [-0.15, -0.1) is 0 Å². The summed E-state index contributed by atoms with van der Waals surface area (Å²) in [6.07, 6.45) is 2.50. The molecule has 6 nitrogen and oxygen atoms in total. The molecule has 0 saturated heterocycles. The lowest BCUT2D eigenvalue weighted by molar-refractivity contribution is -0.139. The Bertz CT molecular complexity index is 879. The van der Waals surface area contributed by atoms with E-state index in [2.05, 4.69) is 41.5 Å². The first kappa shape index (κ1) is 22.2. The van der Waals surface area contributed by atoms with Crippen molar-refractivity contribution < 1.29 is 18.8 Å². The van der Waals surface area contributed by atoms with Crippen LogP contribution in [0.1, 0.15) is 12.5 Å². The molecule has 1 aromatic heterocycles. The van der Waals surface area contributed by atoms with Gasteiger partial charge in [0.25, 0.3) is 0 Å². The zero-order valence-corrected chi connectivity index (χ0v) is 20.2. The minimum atomic E-state index is -2.06. The number of nitrogens with zero attached hydrogens (tertiary/aromatic N) is 1. The molecule has 2 rings (SSSR count). The SMILES string of the molecule is COc1ccc2c(c1)c(CC(NC(C)=O)C(=O)O[Si](C)(C)C)cn2[Si](C)(C)C. The fourth-order valence-corrected chi connectivity index (χ4v) is 5.36. The molecule has 0 saturated carbocycles. The van der Waals surface area contributed by atoms with Crippen molar-refractivity contribution in [3.05, 3.63) is 30.0 Å².